The van der Waals surface area contributed by atoms with E-state index in [1.807, 2.05) is 60.5 Å². The number of hydroxylamine groups is 1. The summed E-state index contributed by atoms with van der Waals surface area (Å²) < 4.78 is 5.23. The van der Waals surface area contributed by atoms with Crippen molar-refractivity contribution in [3.63, 3.8) is 0 Å². The summed E-state index contributed by atoms with van der Waals surface area (Å²) in [4.78, 5) is 22.3. The fraction of sp³-hybridized carbons (Fsp3) is 0.250. The number of nitrogens with zero attached hydrogens (tertiary/aromatic N) is 3. The molecular weight excluding hydrogens is 358 g/mol. The normalized spacial score (nSPS) is 10.5. The monoisotopic (exact) mass is 381 g/mol. The smallest absolute Gasteiger partial charge is 0.243 e. The standard InChI is InChI=1S/C20H23N5O3/c1-25(14-9-11-15(28-2)12-10-14)19-16-6-3-4-7-17(16)22-20(23-19)21-13-5-8-18(26)24-27/h3-4,6-7,9-12,27H,5,8,13H2,1-2H3,(H,24,26)(H,21,22,23). The topological polar surface area (TPSA) is 99.6 Å². The van der Waals surface area contributed by atoms with Crippen molar-refractivity contribution < 1.29 is 14.7 Å². The van der Waals surface area contributed by atoms with E-state index in [2.05, 4.69) is 15.3 Å². The first kappa shape index (κ1) is 19.4. The Hall–Kier alpha value is -3.39. The van der Waals surface area contributed by atoms with Crippen LogP contribution >= 0.6 is 0 Å². The third-order valence-electron chi connectivity index (χ3n) is 4.35. The molecule has 1 heterocycles. The lowest BCUT2D eigenvalue weighted by atomic mass is 10.2. The molecule has 0 spiro atoms. The molecule has 0 unspecified atom stereocenters. The van der Waals surface area contributed by atoms with Crippen molar-refractivity contribution in [3.05, 3.63) is 48.5 Å². The fourth-order valence-corrected chi connectivity index (χ4v) is 2.83. The van der Waals surface area contributed by atoms with Gasteiger partial charge in [-0.05, 0) is 42.8 Å². The lowest BCUT2D eigenvalue weighted by Crippen LogP contribution is -2.19. The van der Waals surface area contributed by atoms with E-state index in [9.17, 15) is 4.79 Å². The Morgan fingerprint density at radius 2 is 1.89 bits per heavy atom. The summed E-state index contributed by atoms with van der Waals surface area (Å²) in [6.07, 6.45) is 0.766. The number of benzene rings is 2. The van der Waals surface area contributed by atoms with Gasteiger partial charge >= 0.3 is 0 Å². The summed E-state index contributed by atoms with van der Waals surface area (Å²) in [7, 11) is 3.59. The van der Waals surface area contributed by atoms with Crippen LogP contribution in [0, 0.1) is 0 Å². The van der Waals surface area contributed by atoms with Crippen LogP contribution in [-0.4, -0.2) is 41.8 Å². The molecule has 0 bridgehead atoms. The van der Waals surface area contributed by atoms with Crippen LogP contribution in [-0.2, 0) is 4.79 Å². The molecule has 0 fully saturated rings. The van der Waals surface area contributed by atoms with Crippen LogP contribution in [0.5, 0.6) is 5.75 Å². The first-order valence-corrected chi connectivity index (χ1v) is 8.93. The average molecular weight is 381 g/mol. The van der Waals surface area contributed by atoms with Crippen molar-refractivity contribution in [2.45, 2.75) is 12.8 Å². The molecule has 0 aliphatic rings. The number of carbonyl (C=O) groups is 1. The number of nitrogens with one attached hydrogen (secondary N) is 2. The zero-order chi connectivity index (χ0) is 19.9. The molecule has 1 amide bonds. The summed E-state index contributed by atoms with van der Waals surface area (Å²) >= 11 is 0. The van der Waals surface area contributed by atoms with Gasteiger partial charge < -0.3 is 15.0 Å². The summed E-state index contributed by atoms with van der Waals surface area (Å²) in [5, 5.41) is 12.6. The Morgan fingerprint density at radius 1 is 1.14 bits per heavy atom. The van der Waals surface area contributed by atoms with Gasteiger partial charge in [0.2, 0.25) is 11.9 Å². The Labute approximate surface area is 163 Å². The number of anilines is 3. The molecule has 8 heteroatoms. The molecule has 2 aromatic carbocycles. The van der Waals surface area contributed by atoms with Gasteiger partial charge in [0.15, 0.2) is 0 Å². The van der Waals surface area contributed by atoms with Crippen LogP contribution < -0.4 is 20.4 Å². The molecule has 3 aromatic rings. The predicted molar refractivity (Wildman–Crippen MR) is 108 cm³/mol. The second kappa shape index (κ2) is 9.01. The summed E-state index contributed by atoms with van der Waals surface area (Å²) in [5.41, 5.74) is 3.42. The van der Waals surface area contributed by atoms with E-state index in [-0.39, 0.29) is 6.42 Å². The minimum atomic E-state index is -0.416. The second-order valence-electron chi connectivity index (χ2n) is 6.21. The Kier molecular flexibility index (Phi) is 6.23. The van der Waals surface area contributed by atoms with Crippen LogP contribution in [0.4, 0.5) is 17.5 Å². The van der Waals surface area contributed by atoms with Crippen molar-refractivity contribution >= 4 is 34.3 Å². The van der Waals surface area contributed by atoms with E-state index in [1.165, 1.54) is 0 Å². The highest BCUT2D eigenvalue weighted by Crippen LogP contribution is 2.30. The minimum Gasteiger partial charge on any atom is -0.497 e. The highest BCUT2D eigenvalue weighted by Gasteiger charge is 2.13. The number of para-hydroxylation sites is 1. The molecule has 0 saturated heterocycles. The van der Waals surface area contributed by atoms with Crippen molar-refractivity contribution in [3.8, 4) is 5.75 Å². The van der Waals surface area contributed by atoms with Gasteiger partial charge in [0, 0.05) is 31.1 Å². The largest absolute Gasteiger partial charge is 0.497 e. The number of rotatable bonds is 8. The van der Waals surface area contributed by atoms with Gasteiger partial charge in [-0.15, -0.1) is 0 Å². The summed E-state index contributed by atoms with van der Waals surface area (Å²) in [6, 6.07) is 15.6. The zero-order valence-corrected chi connectivity index (χ0v) is 15.8. The predicted octanol–water partition coefficient (Wildman–Crippen LogP) is 3.10. The Balaban J connectivity index is 1.86. The minimum absolute atomic E-state index is 0.218. The van der Waals surface area contributed by atoms with Gasteiger partial charge in [0.25, 0.3) is 0 Å². The lowest BCUT2D eigenvalue weighted by molar-refractivity contribution is -0.129. The lowest BCUT2D eigenvalue weighted by Gasteiger charge is -2.21. The number of aromatic nitrogens is 2. The molecule has 0 aliphatic heterocycles. The van der Waals surface area contributed by atoms with Gasteiger partial charge in [-0.3, -0.25) is 10.0 Å². The van der Waals surface area contributed by atoms with E-state index in [0.29, 0.717) is 18.9 Å². The maximum absolute atomic E-state index is 11.1. The van der Waals surface area contributed by atoms with Crippen LogP contribution in [0.1, 0.15) is 12.8 Å². The molecule has 1 aromatic heterocycles. The van der Waals surface area contributed by atoms with Gasteiger partial charge in [-0.25, -0.2) is 10.5 Å². The quantitative estimate of drug-likeness (QED) is 0.313. The molecule has 0 atom stereocenters. The maximum atomic E-state index is 11.1. The van der Waals surface area contributed by atoms with Crippen molar-refractivity contribution in [1.29, 1.82) is 0 Å². The van der Waals surface area contributed by atoms with Crippen LogP contribution in [0.3, 0.4) is 0 Å². The highest BCUT2D eigenvalue weighted by molar-refractivity contribution is 5.92. The molecule has 0 saturated carbocycles. The maximum Gasteiger partial charge on any atom is 0.243 e. The molecule has 146 valence electrons. The third kappa shape index (κ3) is 4.47. The molecule has 3 rings (SSSR count). The first-order chi connectivity index (χ1) is 13.6. The number of hydrogen-bond donors (Lipinski definition) is 3. The van der Waals surface area contributed by atoms with Crippen LogP contribution in [0.25, 0.3) is 10.9 Å². The van der Waals surface area contributed by atoms with E-state index in [0.717, 1.165) is 28.2 Å². The highest BCUT2D eigenvalue weighted by atomic mass is 16.5. The van der Waals surface area contributed by atoms with Crippen molar-refractivity contribution in [2.24, 2.45) is 0 Å². The zero-order valence-electron chi connectivity index (χ0n) is 15.8. The average Bonchev–Trinajstić information content (AvgIpc) is 2.75. The van der Waals surface area contributed by atoms with Gasteiger partial charge in [-0.1, -0.05) is 12.1 Å². The van der Waals surface area contributed by atoms with Crippen molar-refractivity contribution in [1.82, 2.24) is 15.4 Å². The van der Waals surface area contributed by atoms with Gasteiger partial charge in [-0.2, -0.15) is 4.98 Å². The number of methoxy groups -OCH3 is 1. The van der Waals surface area contributed by atoms with Gasteiger partial charge in [0.05, 0.1) is 12.6 Å². The third-order valence-corrected chi connectivity index (χ3v) is 4.35. The van der Waals surface area contributed by atoms with Crippen molar-refractivity contribution in [2.75, 3.05) is 30.9 Å². The molecule has 0 radical (unpaired) electrons. The summed E-state index contributed by atoms with van der Waals surface area (Å²) in [6.45, 7) is 0.511. The number of carbonyl (C=O) groups excluding carboxylic acids is 1. The molecule has 8 nitrogen and oxygen atoms in total. The molecule has 28 heavy (non-hydrogen) atoms. The van der Waals surface area contributed by atoms with Crippen LogP contribution in [0.15, 0.2) is 48.5 Å². The van der Waals surface area contributed by atoms with E-state index in [4.69, 9.17) is 9.94 Å². The number of hydrogen-bond acceptors (Lipinski definition) is 7. The Morgan fingerprint density at radius 3 is 2.61 bits per heavy atom. The SMILES string of the molecule is COc1ccc(N(C)c2nc(NCCCC(=O)NO)nc3ccccc23)cc1. The number of ether oxygens (including phenoxy) is 1. The first-order valence-electron chi connectivity index (χ1n) is 8.93. The molecule has 3 N–H and O–H groups in total. The molecule has 0 aliphatic carbocycles. The number of amides is 1. The van der Waals surface area contributed by atoms with Gasteiger partial charge in [0.1, 0.15) is 11.6 Å². The van der Waals surface area contributed by atoms with E-state index >= 15 is 0 Å². The fourth-order valence-electron chi connectivity index (χ4n) is 2.83. The molecular formula is C20H23N5O3. The number of fused-ring (bicyclic) bond motifs is 1. The Bertz CT molecular complexity index is 946. The van der Waals surface area contributed by atoms with E-state index < -0.39 is 5.91 Å². The summed E-state index contributed by atoms with van der Waals surface area (Å²) in [5.74, 6) is 1.63. The van der Waals surface area contributed by atoms with E-state index in [1.54, 1.807) is 12.6 Å². The second-order valence-corrected chi connectivity index (χ2v) is 6.21. The van der Waals surface area contributed by atoms with Crippen LogP contribution in [0.2, 0.25) is 0 Å².